The summed E-state index contributed by atoms with van der Waals surface area (Å²) >= 11 is 0. The molecule has 0 bridgehead atoms. The number of nitrogens with zero attached hydrogens (tertiary/aromatic N) is 3. The van der Waals surface area contributed by atoms with Gasteiger partial charge in [0.25, 0.3) is 0 Å². The molecule has 0 atom stereocenters. The van der Waals surface area contributed by atoms with Crippen molar-refractivity contribution in [2.45, 2.75) is 39.2 Å². The standard InChI is InChI=1S/C23H34N6O2/c1-2-25-23(26-12-6-7-13-29-14-10-18(11-15-29)21(24)30)27-16-20-17-31-22(28-20)19-8-4-3-5-9-19/h3-5,8-9,17-18H,2,6-7,10-16H2,1H3,(H2,24,30)(H2,25,26,27). The number of hydrogen-bond acceptors (Lipinski definition) is 5. The van der Waals surface area contributed by atoms with E-state index in [9.17, 15) is 4.79 Å². The van der Waals surface area contributed by atoms with Crippen LogP contribution in [0.15, 0.2) is 46.0 Å². The first-order valence-electron chi connectivity index (χ1n) is 11.2. The molecule has 168 valence electrons. The molecule has 0 unspecified atom stereocenters. The zero-order valence-electron chi connectivity index (χ0n) is 18.3. The molecule has 1 amide bonds. The number of oxazole rings is 1. The second-order valence-electron chi connectivity index (χ2n) is 7.86. The van der Waals surface area contributed by atoms with Gasteiger partial charge in [0.2, 0.25) is 11.8 Å². The largest absolute Gasteiger partial charge is 0.444 e. The van der Waals surface area contributed by atoms with E-state index in [-0.39, 0.29) is 11.8 Å². The van der Waals surface area contributed by atoms with E-state index in [1.807, 2.05) is 30.3 Å². The number of nitrogens with one attached hydrogen (secondary N) is 2. The zero-order valence-corrected chi connectivity index (χ0v) is 18.3. The van der Waals surface area contributed by atoms with Gasteiger partial charge in [-0.25, -0.2) is 9.98 Å². The van der Waals surface area contributed by atoms with Gasteiger partial charge in [-0.1, -0.05) is 18.2 Å². The van der Waals surface area contributed by atoms with Crippen molar-refractivity contribution in [2.24, 2.45) is 16.6 Å². The first-order chi connectivity index (χ1) is 15.2. The molecular formula is C23H34N6O2. The minimum absolute atomic E-state index is 0.0605. The highest BCUT2D eigenvalue weighted by Crippen LogP contribution is 2.18. The number of carbonyl (C=O) groups excluding carboxylic acids is 1. The Morgan fingerprint density at radius 1 is 1.23 bits per heavy atom. The van der Waals surface area contributed by atoms with Crippen LogP contribution in [0.4, 0.5) is 0 Å². The van der Waals surface area contributed by atoms with Crippen LogP contribution in [-0.4, -0.2) is 54.5 Å². The molecule has 1 aliphatic rings. The molecule has 1 fully saturated rings. The average Bonchev–Trinajstić information content (AvgIpc) is 3.27. The summed E-state index contributed by atoms with van der Waals surface area (Å²) in [5.41, 5.74) is 7.16. The Labute approximate surface area is 184 Å². The quantitative estimate of drug-likeness (QED) is 0.306. The Bertz CT molecular complexity index is 828. The molecule has 2 heterocycles. The highest BCUT2D eigenvalue weighted by atomic mass is 16.3. The van der Waals surface area contributed by atoms with Gasteiger partial charge in [0.1, 0.15) is 12.0 Å². The smallest absolute Gasteiger partial charge is 0.226 e. The summed E-state index contributed by atoms with van der Waals surface area (Å²) in [6.45, 7) is 7.16. The number of nitrogens with two attached hydrogens (primary N) is 1. The molecule has 31 heavy (non-hydrogen) atoms. The Kier molecular flexibility index (Phi) is 8.90. The van der Waals surface area contributed by atoms with Crippen LogP contribution in [0, 0.1) is 5.92 Å². The van der Waals surface area contributed by atoms with Crippen LogP contribution < -0.4 is 16.4 Å². The molecule has 0 aliphatic carbocycles. The minimum Gasteiger partial charge on any atom is -0.444 e. The van der Waals surface area contributed by atoms with E-state index in [0.717, 1.165) is 75.6 Å². The molecule has 0 radical (unpaired) electrons. The SMILES string of the molecule is CCNC(=NCc1coc(-c2ccccc2)n1)NCCCCN1CCC(C(N)=O)CC1. The Morgan fingerprint density at radius 3 is 2.71 bits per heavy atom. The van der Waals surface area contributed by atoms with Gasteiger partial charge >= 0.3 is 0 Å². The van der Waals surface area contributed by atoms with E-state index < -0.39 is 0 Å². The Hall–Kier alpha value is -2.87. The topological polar surface area (TPSA) is 109 Å². The lowest BCUT2D eigenvalue weighted by atomic mass is 9.96. The van der Waals surface area contributed by atoms with E-state index in [0.29, 0.717) is 12.4 Å². The number of piperidine rings is 1. The third kappa shape index (κ3) is 7.40. The lowest BCUT2D eigenvalue weighted by Crippen LogP contribution is -2.39. The fourth-order valence-electron chi connectivity index (χ4n) is 3.70. The molecule has 1 aliphatic heterocycles. The number of rotatable bonds is 10. The maximum Gasteiger partial charge on any atom is 0.226 e. The minimum atomic E-state index is -0.152. The molecule has 1 aromatic carbocycles. The third-order valence-corrected chi connectivity index (χ3v) is 5.50. The molecule has 4 N–H and O–H groups in total. The third-order valence-electron chi connectivity index (χ3n) is 5.50. The molecule has 1 aromatic heterocycles. The average molecular weight is 427 g/mol. The molecule has 2 aromatic rings. The molecule has 0 spiro atoms. The summed E-state index contributed by atoms with van der Waals surface area (Å²) in [7, 11) is 0. The van der Waals surface area contributed by atoms with Crippen molar-refractivity contribution in [3.05, 3.63) is 42.3 Å². The number of carbonyl (C=O) groups is 1. The number of primary amides is 1. The normalized spacial score (nSPS) is 15.7. The van der Waals surface area contributed by atoms with Crippen LogP contribution in [0.5, 0.6) is 0 Å². The van der Waals surface area contributed by atoms with Crippen molar-refractivity contribution < 1.29 is 9.21 Å². The summed E-state index contributed by atoms with van der Waals surface area (Å²) in [4.78, 5) is 22.8. The highest BCUT2D eigenvalue weighted by molar-refractivity contribution is 5.79. The summed E-state index contributed by atoms with van der Waals surface area (Å²) < 4.78 is 5.58. The summed E-state index contributed by atoms with van der Waals surface area (Å²) in [6, 6.07) is 9.86. The number of hydrogen-bond donors (Lipinski definition) is 3. The monoisotopic (exact) mass is 426 g/mol. The summed E-state index contributed by atoms with van der Waals surface area (Å²) in [5, 5.41) is 6.66. The highest BCUT2D eigenvalue weighted by Gasteiger charge is 2.22. The van der Waals surface area contributed by atoms with E-state index in [1.165, 1.54) is 0 Å². The summed E-state index contributed by atoms with van der Waals surface area (Å²) in [5.74, 6) is 1.31. The number of amides is 1. The Morgan fingerprint density at radius 2 is 2.00 bits per heavy atom. The fraction of sp³-hybridized carbons (Fsp3) is 0.522. The zero-order chi connectivity index (χ0) is 21.9. The van der Waals surface area contributed by atoms with Crippen molar-refractivity contribution in [3.63, 3.8) is 0 Å². The van der Waals surface area contributed by atoms with Gasteiger partial charge in [-0.15, -0.1) is 0 Å². The first kappa shape index (κ1) is 22.8. The fourth-order valence-corrected chi connectivity index (χ4v) is 3.70. The maximum absolute atomic E-state index is 11.3. The van der Waals surface area contributed by atoms with E-state index in [2.05, 4.69) is 32.4 Å². The number of likely N-dealkylation sites (tertiary alicyclic amines) is 1. The number of aliphatic imine (C=N–C) groups is 1. The number of benzene rings is 1. The van der Waals surface area contributed by atoms with Gasteiger partial charge in [-0.3, -0.25) is 4.79 Å². The van der Waals surface area contributed by atoms with Gasteiger partial charge in [0, 0.05) is 24.6 Å². The maximum atomic E-state index is 11.3. The molecule has 8 heteroatoms. The van der Waals surface area contributed by atoms with Crippen molar-refractivity contribution in [3.8, 4) is 11.5 Å². The molecule has 1 saturated heterocycles. The summed E-state index contributed by atoms with van der Waals surface area (Å²) in [6.07, 6.45) is 5.61. The van der Waals surface area contributed by atoms with Crippen LogP contribution in [-0.2, 0) is 11.3 Å². The number of guanidine groups is 1. The van der Waals surface area contributed by atoms with E-state index >= 15 is 0 Å². The molecule has 3 rings (SSSR count). The first-order valence-corrected chi connectivity index (χ1v) is 11.2. The second-order valence-corrected chi connectivity index (χ2v) is 7.86. The van der Waals surface area contributed by atoms with E-state index in [4.69, 9.17) is 10.2 Å². The Balaban J connectivity index is 1.37. The second kappa shape index (κ2) is 12.1. The predicted molar refractivity (Wildman–Crippen MR) is 122 cm³/mol. The van der Waals surface area contributed by atoms with Gasteiger partial charge in [-0.2, -0.15) is 0 Å². The van der Waals surface area contributed by atoms with Gasteiger partial charge in [0.15, 0.2) is 5.96 Å². The van der Waals surface area contributed by atoms with Crippen LogP contribution in [0.2, 0.25) is 0 Å². The van der Waals surface area contributed by atoms with Gasteiger partial charge < -0.3 is 25.7 Å². The van der Waals surface area contributed by atoms with Crippen LogP contribution >= 0.6 is 0 Å². The number of unbranched alkanes of at least 4 members (excludes halogenated alkanes) is 1. The lowest BCUT2D eigenvalue weighted by Gasteiger charge is -2.30. The molecule has 0 saturated carbocycles. The predicted octanol–water partition coefficient (Wildman–Crippen LogP) is 2.37. The van der Waals surface area contributed by atoms with Crippen molar-refractivity contribution in [1.29, 1.82) is 0 Å². The van der Waals surface area contributed by atoms with Crippen LogP contribution in [0.1, 0.15) is 38.3 Å². The van der Waals surface area contributed by atoms with Crippen molar-refractivity contribution >= 4 is 11.9 Å². The van der Waals surface area contributed by atoms with Gasteiger partial charge in [0.05, 0.1) is 6.54 Å². The van der Waals surface area contributed by atoms with E-state index in [1.54, 1.807) is 6.26 Å². The molecular weight excluding hydrogens is 392 g/mol. The molecule has 8 nitrogen and oxygen atoms in total. The number of aromatic nitrogens is 1. The van der Waals surface area contributed by atoms with Crippen molar-refractivity contribution in [2.75, 3.05) is 32.7 Å². The van der Waals surface area contributed by atoms with Gasteiger partial charge in [-0.05, 0) is 64.4 Å². The van der Waals surface area contributed by atoms with Crippen LogP contribution in [0.25, 0.3) is 11.5 Å². The lowest BCUT2D eigenvalue weighted by molar-refractivity contribution is -0.123. The van der Waals surface area contributed by atoms with Crippen molar-refractivity contribution in [1.82, 2.24) is 20.5 Å². The van der Waals surface area contributed by atoms with Crippen LogP contribution in [0.3, 0.4) is 0 Å².